The molecule has 0 aliphatic rings. The van der Waals surface area contributed by atoms with Crippen molar-refractivity contribution < 1.29 is 0 Å². The lowest BCUT2D eigenvalue weighted by Crippen LogP contribution is -1.73. The van der Waals surface area contributed by atoms with E-state index in [0.717, 1.165) is 15.6 Å². The van der Waals surface area contributed by atoms with Crippen LogP contribution in [0.15, 0.2) is 35.4 Å². The van der Waals surface area contributed by atoms with Gasteiger partial charge in [-0.2, -0.15) is 0 Å². The maximum Gasteiger partial charge on any atom is 0.0461 e. The van der Waals surface area contributed by atoms with E-state index in [1.807, 2.05) is 19.2 Å². The molecule has 0 unspecified atom stereocenters. The number of hydrogen-bond donors (Lipinski definition) is 1. The molecule has 2 heteroatoms. The number of fused-ring (bicyclic) bond motifs is 1. The fourth-order valence-corrected chi connectivity index (χ4v) is 1.81. The topological polar surface area (TPSA) is 15.8 Å². The van der Waals surface area contributed by atoms with Crippen LogP contribution in [0.25, 0.3) is 16.5 Å². The largest absolute Gasteiger partial charge is 0.361 e. The molecule has 1 N–H and O–H groups in total. The lowest BCUT2D eigenvalue weighted by Gasteiger charge is -1.96. The average molecular weight is 236 g/mol. The van der Waals surface area contributed by atoms with E-state index in [1.54, 1.807) is 0 Å². The third kappa shape index (κ3) is 1.42. The monoisotopic (exact) mass is 235 g/mol. The van der Waals surface area contributed by atoms with Gasteiger partial charge in [-0.3, -0.25) is 0 Å². The number of aromatic nitrogens is 1. The molecule has 13 heavy (non-hydrogen) atoms. The summed E-state index contributed by atoms with van der Waals surface area (Å²) >= 11 is 3.46. The van der Waals surface area contributed by atoms with Crippen LogP contribution in [-0.4, -0.2) is 4.98 Å². The van der Waals surface area contributed by atoms with Crippen LogP contribution in [0.3, 0.4) is 0 Å². The first-order valence-electron chi connectivity index (χ1n) is 4.11. The Morgan fingerprint density at radius 3 is 2.92 bits per heavy atom. The van der Waals surface area contributed by atoms with Gasteiger partial charge >= 0.3 is 0 Å². The maximum absolute atomic E-state index is 3.94. The second-order valence-electron chi connectivity index (χ2n) is 3.17. The van der Waals surface area contributed by atoms with Crippen molar-refractivity contribution in [2.75, 3.05) is 0 Å². The summed E-state index contributed by atoms with van der Waals surface area (Å²) in [6, 6.07) is 6.20. The van der Waals surface area contributed by atoms with Gasteiger partial charge in [0, 0.05) is 27.1 Å². The van der Waals surface area contributed by atoms with Gasteiger partial charge in [0.2, 0.25) is 0 Å². The fraction of sp³-hybridized carbons (Fsp3) is 0.0909. The van der Waals surface area contributed by atoms with Crippen molar-refractivity contribution in [3.63, 3.8) is 0 Å². The molecule has 0 saturated carbocycles. The normalized spacial score (nSPS) is 10.6. The summed E-state index contributed by atoms with van der Waals surface area (Å²) in [5.74, 6) is 0. The second kappa shape index (κ2) is 3.04. The molecule has 0 saturated heterocycles. The summed E-state index contributed by atoms with van der Waals surface area (Å²) < 4.78 is 1.10. The van der Waals surface area contributed by atoms with Crippen LogP contribution >= 0.6 is 15.9 Å². The molecule has 1 heterocycles. The summed E-state index contributed by atoms with van der Waals surface area (Å²) in [4.78, 5) is 3.22. The Balaban J connectivity index is 2.79. The Hall–Kier alpha value is -1.02. The van der Waals surface area contributed by atoms with Crippen LogP contribution < -0.4 is 0 Å². The summed E-state index contributed by atoms with van der Waals surface area (Å²) in [7, 11) is 0. The number of aromatic amines is 1. The van der Waals surface area contributed by atoms with Gasteiger partial charge in [-0.1, -0.05) is 22.5 Å². The minimum absolute atomic E-state index is 1.09. The summed E-state index contributed by atoms with van der Waals surface area (Å²) in [6.45, 7) is 5.96. The number of rotatable bonds is 1. The maximum atomic E-state index is 3.94. The SMILES string of the molecule is C=C(C)c1c[nH]c2ccc(Br)cc12. The molecule has 0 fully saturated rings. The van der Waals surface area contributed by atoms with Crippen molar-refractivity contribution in [1.82, 2.24) is 4.98 Å². The first kappa shape index (κ1) is 8.57. The van der Waals surface area contributed by atoms with Gasteiger partial charge in [0.15, 0.2) is 0 Å². The van der Waals surface area contributed by atoms with Gasteiger partial charge in [-0.05, 0) is 30.7 Å². The molecular weight excluding hydrogens is 226 g/mol. The lowest BCUT2D eigenvalue weighted by molar-refractivity contribution is 1.46. The Morgan fingerprint density at radius 1 is 1.46 bits per heavy atom. The van der Waals surface area contributed by atoms with Crippen molar-refractivity contribution in [3.8, 4) is 0 Å². The van der Waals surface area contributed by atoms with Crippen LogP contribution in [0.2, 0.25) is 0 Å². The molecule has 66 valence electrons. The van der Waals surface area contributed by atoms with Gasteiger partial charge in [0.1, 0.15) is 0 Å². The number of benzene rings is 1. The highest BCUT2D eigenvalue weighted by Crippen LogP contribution is 2.26. The molecule has 0 aliphatic carbocycles. The van der Waals surface area contributed by atoms with E-state index in [4.69, 9.17) is 0 Å². The molecule has 2 aromatic rings. The van der Waals surface area contributed by atoms with E-state index >= 15 is 0 Å². The molecule has 1 nitrogen and oxygen atoms in total. The van der Waals surface area contributed by atoms with E-state index in [2.05, 4.69) is 39.6 Å². The third-order valence-electron chi connectivity index (χ3n) is 2.10. The Bertz CT molecular complexity index is 468. The van der Waals surface area contributed by atoms with E-state index < -0.39 is 0 Å². The van der Waals surface area contributed by atoms with Crippen LogP contribution in [0, 0.1) is 0 Å². The van der Waals surface area contributed by atoms with E-state index in [1.165, 1.54) is 10.9 Å². The highest BCUT2D eigenvalue weighted by molar-refractivity contribution is 9.10. The predicted molar refractivity (Wildman–Crippen MR) is 60.7 cm³/mol. The predicted octanol–water partition coefficient (Wildman–Crippen LogP) is 3.96. The van der Waals surface area contributed by atoms with Crippen LogP contribution in [0.1, 0.15) is 12.5 Å². The van der Waals surface area contributed by atoms with Gasteiger partial charge in [0.25, 0.3) is 0 Å². The molecule has 0 spiro atoms. The second-order valence-corrected chi connectivity index (χ2v) is 4.09. The standard InChI is InChI=1S/C11H10BrN/c1-7(2)10-6-13-11-4-3-8(12)5-9(10)11/h3-6,13H,1H2,2H3. The van der Waals surface area contributed by atoms with Crippen molar-refractivity contribution in [2.24, 2.45) is 0 Å². The van der Waals surface area contributed by atoms with Crippen LogP contribution in [-0.2, 0) is 0 Å². The summed E-state index contributed by atoms with van der Waals surface area (Å²) in [5.41, 5.74) is 3.43. The molecule has 0 bridgehead atoms. The molecule has 2 rings (SSSR count). The van der Waals surface area contributed by atoms with Crippen molar-refractivity contribution in [3.05, 3.63) is 41.0 Å². The minimum Gasteiger partial charge on any atom is -0.361 e. The first-order chi connectivity index (χ1) is 6.18. The molecular formula is C11H10BrN. The Labute approximate surface area is 85.6 Å². The third-order valence-corrected chi connectivity index (χ3v) is 2.60. The van der Waals surface area contributed by atoms with Gasteiger partial charge in [-0.25, -0.2) is 0 Å². The Morgan fingerprint density at radius 2 is 2.23 bits per heavy atom. The number of H-pyrrole nitrogens is 1. The zero-order valence-corrected chi connectivity index (χ0v) is 8.98. The lowest BCUT2D eigenvalue weighted by atomic mass is 10.1. The van der Waals surface area contributed by atoms with Gasteiger partial charge in [0.05, 0.1) is 0 Å². The number of allylic oxidation sites excluding steroid dienone is 1. The minimum atomic E-state index is 1.09. The summed E-state index contributed by atoms with van der Waals surface area (Å²) in [6.07, 6.45) is 2.00. The molecule has 1 aromatic heterocycles. The van der Waals surface area contributed by atoms with Crippen molar-refractivity contribution >= 4 is 32.4 Å². The zero-order valence-electron chi connectivity index (χ0n) is 7.39. The Kier molecular flexibility index (Phi) is 2.00. The van der Waals surface area contributed by atoms with Gasteiger partial charge < -0.3 is 4.98 Å². The molecule has 0 radical (unpaired) electrons. The highest BCUT2D eigenvalue weighted by Gasteiger charge is 2.03. The van der Waals surface area contributed by atoms with Gasteiger partial charge in [-0.15, -0.1) is 0 Å². The highest BCUT2D eigenvalue weighted by atomic mass is 79.9. The molecule has 0 amide bonds. The van der Waals surface area contributed by atoms with Crippen LogP contribution in [0.5, 0.6) is 0 Å². The van der Waals surface area contributed by atoms with E-state index in [0.29, 0.717) is 0 Å². The quantitative estimate of drug-likeness (QED) is 0.771. The summed E-state index contributed by atoms with van der Waals surface area (Å²) in [5, 5.41) is 1.22. The smallest absolute Gasteiger partial charge is 0.0461 e. The molecule has 0 aliphatic heterocycles. The average Bonchev–Trinajstić information content (AvgIpc) is 2.46. The molecule has 1 aromatic carbocycles. The van der Waals surface area contributed by atoms with E-state index in [9.17, 15) is 0 Å². The zero-order chi connectivity index (χ0) is 9.42. The number of hydrogen-bond acceptors (Lipinski definition) is 0. The van der Waals surface area contributed by atoms with Crippen molar-refractivity contribution in [2.45, 2.75) is 6.92 Å². The number of halogens is 1. The van der Waals surface area contributed by atoms with E-state index in [-0.39, 0.29) is 0 Å². The first-order valence-corrected chi connectivity index (χ1v) is 4.90. The molecule has 0 atom stereocenters. The van der Waals surface area contributed by atoms with Crippen LogP contribution in [0.4, 0.5) is 0 Å². The fourth-order valence-electron chi connectivity index (χ4n) is 1.45. The van der Waals surface area contributed by atoms with Crippen molar-refractivity contribution in [1.29, 1.82) is 0 Å². The number of nitrogens with one attached hydrogen (secondary N) is 1.